The zero-order valence-corrected chi connectivity index (χ0v) is 12.8. The zero-order valence-electron chi connectivity index (χ0n) is 11.9. The summed E-state index contributed by atoms with van der Waals surface area (Å²) < 4.78 is 14.2. The summed E-state index contributed by atoms with van der Waals surface area (Å²) in [7, 11) is 0. The first-order chi connectivity index (χ1) is 9.22. The van der Waals surface area contributed by atoms with Crippen LogP contribution in [0.2, 0.25) is 0 Å². The third kappa shape index (κ3) is 4.42. The topological polar surface area (TPSA) is 35.5 Å². The number of benzene rings is 1. The number of aliphatic hydroxyl groups is 1. The van der Waals surface area contributed by atoms with Crippen LogP contribution in [0, 0.1) is 12.7 Å². The number of halogens is 2. The molecule has 1 aliphatic heterocycles. The Hall–Kier alpha value is -0.680. The molecule has 0 amide bonds. The average molecular weight is 303 g/mol. The first-order valence-electron chi connectivity index (χ1n) is 7.04. The minimum absolute atomic E-state index is 0. The van der Waals surface area contributed by atoms with E-state index in [-0.39, 0.29) is 30.9 Å². The number of piperazine rings is 1. The molecule has 5 heteroatoms. The Balaban J connectivity index is 0.00000200. The molecule has 0 saturated carbocycles. The summed E-state index contributed by atoms with van der Waals surface area (Å²) in [4.78, 5) is 2.32. The van der Waals surface area contributed by atoms with Gasteiger partial charge in [0.05, 0.1) is 0 Å². The standard InChI is InChI=1S/C15H23FN2O.ClH/c1-12-4-5-13(14(16)11-12)15(3-2-10-19)18-8-6-17-7-9-18;/h4-5,11,15,17,19H,2-3,6-10H2,1H3;1H/t15-;/m0./s1. The lowest BCUT2D eigenvalue weighted by Gasteiger charge is -2.35. The molecule has 1 heterocycles. The monoisotopic (exact) mass is 302 g/mol. The molecule has 0 aliphatic carbocycles. The molecule has 20 heavy (non-hydrogen) atoms. The van der Waals surface area contributed by atoms with Gasteiger partial charge in [0.15, 0.2) is 0 Å². The van der Waals surface area contributed by atoms with Crippen molar-refractivity contribution < 1.29 is 9.50 Å². The van der Waals surface area contributed by atoms with Crippen LogP contribution in [0.1, 0.15) is 30.0 Å². The predicted octanol–water partition coefficient (Wildman–Crippen LogP) is 2.27. The highest BCUT2D eigenvalue weighted by molar-refractivity contribution is 5.85. The Labute approximate surface area is 126 Å². The van der Waals surface area contributed by atoms with E-state index in [4.69, 9.17) is 5.11 Å². The van der Waals surface area contributed by atoms with Crippen molar-refractivity contribution in [2.24, 2.45) is 0 Å². The molecule has 1 aromatic rings. The van der Waals surface area contributed by atoms with E-state index >= 15 is 0 Å². The van der Waals surface area contributed by atoms with Crippen molar-refractivity contribution in [2.45, 2.75) is 25.8 Å². The van der Waals surface area contributed by atoms with Crippen LogP contribution in [0.4, 0.5) is 4.39 Å². The molecule has 1 aromatic carbocycles. The molecule has 1 aliphatic rings. The number of nitrogens with zero attached hydrogens (tertiary/aromatic N) is 1. The number of hydrogen-bond donors (Lipinski definition) is 2. The molecule has 2 N–H and O–H groups in total. The maximum Gasteiger partial charge on any atom is 0.128 e. The van der Waals surface area contributed by atoms with Gasteiger partial charge in [-0.05, 0) is 31.4 Å². The normalized spacial score (nSPS) is 17.6. The van der Waals surface area contributed by atoms with Gasteiger partial charge >= 0.3 is 0 Å². The van der Waals surface area contributed by atoms with Crippen molar-refractivity contribution in [2.75, 3.05) is 32.8 Å². The van der Waals surface area contributed by atoms with Crippen LogP contribution in [-0.4, -0.2) is 42.8 Å². The van der Waals surface area contributed by atoms with E-state index in [0.717, 1.165) is 43.7 Å². The minimum Gasteiger partial charge on any atom is -0.396 e. The number of aliphatic hydroxyl groups excluding tert-OH is 1. The third-order valence-corrected chi connectivity index (χ3v) is 3.74. The summed E-state index contributed by atoms with van der Waals surface area (Å²) in [6.07, 6.45) is 1.51. The van der Waals surface area contributed by atoms with Crippen molar-refractivity contribution in [3.8, 4) is 0 Å². The van der Waals surface area contributed by atoms with Crippen LogP contribution >= 0.6 is 12.4 Å². The fraction of sp³-hybridized carbons (Fsp3) is 0.600. The maximum absolute atomic E-state index is 14.2. The molecular formula is C15H24ClFN2O. The SMILES string of the molecule is Cc1ccc([C@H](CCCO)N2CCNCC2)c(F)c1.Cl. The summed E-state index contributed by atoms with van der Waals surface area (Å²) in [6.45, 7) is 5.83. The first kappa shape index (κ1) is 17.4. The number of rotatable bonds is 5. The predicted molar refractivity (Wildman–Crippen MR) is 81.9 cm³/mol. The van der Waals surface area contributed by atoms with Gasteiger partial charge in [-0.3, -0.25) is 4.90 Å². The largest absolute Gasteiger partial charge is 0.396 e. The van der Waals surface area contributed by atoms with Crippen LogP contribution in [0.3, 0.4) is 0 Å². The highest BCUT2D eigenvalue weighted by Crippen LogP contribution is 2.28. The van der Waals surface area contributed by atoms with Gasteiger partial charge in [-0.1, -0.05) is 12.1 Å². The van der Waals surface area contributed by atoms with Gasteiger partial charge < -0.3 is 10.4 Å². The molecule has 0 bridgehead atoms. The first-order valence-corrected chi connectivity index (χ1v) is 7.04. The molecule has 114 valence electrons. The van der Waals surface area contributed by atoms with Gasteiger partial charge in [0, 0.05) is 44.4 Å². The van der Waals surface area contributed by atoms with Crippen LogP contribution < -0.4 is 5.32 Å². The average Bonchev–Trinajstić information content (AvgIpc) is 2.42. The van der Waals surface area contributed by atoms with Gasteiger partial charge in [0.1, 0.15) is 5.82 Å². The maximum atomic E-state index is 14.2. The molecule has 0 spiro atoms. The highest BCUT2D eigenvalue weighted by Gasteiger charge is 2.24. The van der Waals surface area contributed by atoms with Crippen LogP contribution in [0.15, 0.2) is 18.2 Å². The van der Waals surface area contributed by atoms with E-state index in [1.54, 1.807) is 6.07 Å². The molecule has 0 unspecified atom stereocenters. The van der Waals surface area contributed by atoms with E-state index in [9.17, 15) is 4.39 Å². The van der Waals surface area contributed by atoms with Crippen molar-refractivity contribution in [1.29, 1.82) is 0 Å². The Morgan fingerprint density at radius 3 is 2.65 bits per heavy atom. The zero-order chi connectivity index (χ0) is 13.7. The fourth-order valence-corrected chi connectivity index (χ4v) is 2.72. The summed E-state index contributed by atoms with van der Waals surface area (Å²) in [5, 5.41) is 12.4. The number of nitrogens with one attached hydrogen (secondary N) is 1. The van der Waals surface area contributed by atoms with E-state index in [2.05, 4.69) is 10.2 Å². The Bertz CT molecular complexity index is 411. The molecule has 1 atom stereocenters. The molecular weight excluding hydrogens is 279 g/mol. The molecule has 1 fully saturated rings. The van der Waals surface area contributed by atoms with Crippen molar-refractivity contribution in [1.82, 2.24) is 10.2 Å². The second-order valence-corrected chi connectivity index (χ2v) is 5.19. The van der Waals surface area contributed by atoms with Gasteiger partial charge in [0.2, 0.25) is 0 Å². The second-order valence-electron chi connectivity index (χ2n) is 5.19. The Kier molecular flexibility index (Phi) is 7.45. The molecule has 1 saturated heterocycles. The van der Waals surface area contributed by atoms with Gasteiger partial charge in [0.25, 0.3) is 0 Å². The van der Waals surface area contributed by atoms with Crippen molar-refractivity contribution in [3.63, 3.8) is 0 Å². The smallest absolute Gasteiger partial charge is 0.128 e. The second kappa shape index (κ2) is 8.57. The van der Waals surface area contributed by atoms with Crippen LogP contribution in [0.25, 0.3) is 0 Å². The van der Waals surface area contributed by atoms with E-state index in [0.29, 0.717) is 6.42 Å². The molecule has 2 rings (SSSR count). The minimum atomic E-state index is -0.124. The van der Waals surface area contributed by atoms with Gasteiger partial charge in [-0.25, -0.2) is 4.39 Å². The summed E-state index contributed by atoms with van der Waals surface area (Å²) >= 11 is 0. The lowest BCUT2D eigenvalue weighted by atomic mass is 9.98. The van der Waals surface area contributed by atoms with E-state index in [1.165, 1.54) is 0 Å². The van der Waals surface area contributed by atoms with Crippen LogP contribution in [-0.2, 0) is 0 Å². The Morgan fingerprint density at radius 1 is 1.35 bits per heavy atom. The van der Waals surface area contributed by atoms with E-state index < -0.39 is 0 Å². The number of aryl methyl sites for hydroxylation is 1. The van der Waals surface area contributed by atoms with Gasteiger partial charge in [-0.15, -0.1) is 12.4 Å². The summed E-state index contributed by atoms with van der Waals surface area (Å²) in [5.41, 5.74) is 1.71. The molecule has 0 aromatic heterocycles. The fourth-order valence-electron chi connectivity index (χ4n) is 2.72. The lowest BCUT2D eigenvalue weighted by molar-refractivity contribution is 0.151. The van der Waals surface area contributed by atoms with E-state index in [1.807, 2.05) is 19.1 Å². The molecule has 0 radical (unpaired) electrons. The Morgan fingerprint density at radius 2 is 2.05 bits per heavy atom. The van der Waals surface area contributed by atoms with Gasteiger partial charge in [-0.2, -0.15) is 0 Å². The summed E-state index contributed by atoms with van der Waals surface area (Å²) in [5.74, 6) is -0.124. The van der Waals surface area contributed by atoms with Crippen molar-refractivity contribution in [3.05, 3.63) is 35.1 Å². The van der Waals surface area contributed by atoms with Crippen molar-refractivity contribution >= 4 is 12.4 Å². The summed E-state index contributed by atoms with van der Waals surface area (Å²) in [6, 6.07) is 5.54. The quantitative estimate of drug-likeness (QED) is 0.876. The van der Waals surface area contributed by atoms with Crippen LogP contribution in [0.5, 0.6) is 0 Å². The third-order valence-electron chi connectivity index (χ3n) is 3.74. The highest BCUT2D eigenvalue weighted by atomic mass is 35.5. The number of hydrogen-bond acceptors (Lipinski definition) is 3. The lowest BCUT2D eigenvalue weighted by Crippen LogP contribution is -2.45. The molecule has 3 nitrogen and oxygen atoms in total.